The van der Waals surface area contributed by atoms with Crippen LogP contribution >= 0.6 is 0 Å². The Bertz CT molecular complexity index is 534. The molecule has 1 aromatic carbocycles. The first-order valence-electron chi connectivity index (χ1n) is 6.50. The van der Waals surface area contributed by atoms with E-state index in [1.54, 1.807) is 4.68 Å². The Hall–Kier alpha value is -1.88. The lowest BCUT2D eigenvalue weighted by Gasteiger charge is -2.08. The van der Waals surface area contributed by atoms with E-state index in [0.717, 1.165) is 17.7 Å². The molecule has 1 aromatic heterocycles. The number of aromatic nitrogens is 2. The summed E-state index contributed by atoms with van der Waals surface area (Å²) in [6.45, 7) is 6.64. The fourth-order valence-electron chi connectivity index (χ4n) is 1.72. The first-order valence-corrected chi connectivity index (χ1v) is 6.50. The van der Waals surface area contributed by atoms with Crippen LogP contribution in [0.2, 0.25) is 0 Å². The van der Waals surface area contributed by atoms with Gasteiger partial charge in [0.15, 0.2) is 5.95 Å². The summed E-state index contributed by atoms with van der Waals surface area (Å²) in [7, 11) is 0. The quantitative estimate of drug-likeness (QED) is 0.822. The van der Waals surface area contributed by atoms with Crippen LogP contribution < -0.4 is 15.1 Å². The zero-order valence-electron chi connectivity index (χ0n) is 11.5. The van der Waals surface area contributed by atoms with E-state index in [1.165, 1.54) is 0 Å². The van der Waals surface area contributed by atoms with Gasteiger partial charge in [-0.2, -0.15) is 0 Å². The molecule has 0 saturated carbocycles. The SMILES string of the molecule is CCC(C)NCc1c([O-])on[n+]1-c1ccc(C)cc1. The summed E-state index contributed by atoms with van der Waals surface area (Å²) < 4.78 is 6.32. The van der Waals surface area contributed by atoms with Gasteiger partial charge >= 0.3 is 0 Å². The van der Waals surface area contributed by atoms with Crippen LogP contribution in [0.4, 0.5) is 0 Å². The minimum absolute atomic E-state index is 0.348. The third kappa shape index (κ3) is 3.12. The van der Waals surface area contributed by atoms with Crippen molar-refractivity contribution in [2.45, 2.75) is 39.8 Å². The maximum Gasteiger partial charge on any atom is 0.253 e. The summed E-state index contributed by atoms with van der Waals surface area (Å²) >= 11 is 0. The van der Waals surface area contributed by atoms with Crippen molar-refractivity contribution in [3.8, 4) is 11.6 Å². The van der Waals surface area contributed by atoms with Crippen LogP contribution in [0.3, 0.4) is 0 Å². The second-order valence-corrected chi connectivity index (χ2v) is 4.74. The topological polar surface area (TPSA) is 65.0 Å². The normalized spacial score (nSPS) is 12.6. The van der Waals surface area contributed by atoms with Crippen molar-refractivity contribution in [3.05, 3.63) is 35.5 Å². The first kappa shape index (κ1) is 13.5. The van der Waals surface area contributed by atoms with Crippen LogP contribution in [0, 0.1) is 6.92 Å². The molecule has 0 spiro atoms. The van der Waals surface area contributed by atoms with Crippen LogP contribution in [-0.2, 0) is 6.54 Å². The molecule has 102 valence electrons. The van der Waals surface area contributed by atoms with Crippen molar-refractivity contribution in [1.82, 2.24) is 10.6 Å². The summed E-state index contributed by atoms with van der Waals surface area (Å²) in [4.78, 5) is 0. The second-order valence-electron chi connectivity index (χ2n) is 4.74. The number of rotatable bonds is 5. The predicted octanol–water partition coefficient (Wildman–Crippen LogP) is 1.22. The molecule has 2 aromatic rings. The molecule has 2 rings (SSSR count). The molecule has 0 aliphatic rings. The molecule has 0 radical (unpaired) electrons. The lowest BCUT2D eigenvalue weighted by Crippen LogP contribution is -2.40. The summed E-state index contributed by atoms with van der Waals surface area (Å²) in [6.07, 6.45) is 1.00. The Morgan fingerprint density at radius 1 is 1.37 bits per heavy atom. The molecule has 0 aliphatic carbocycles. The van der Waals surface area contributed by atoms with Gasteiger partial charge in [-0.3, -0.25) is 0 Å². The lowest BCUT2D eigenvalue weighted by atomic mass is 10.2. The third-order valence-electron chi connectivity index (χ3n) is 3.21. The zero-order valence-corrected chi connectivity index (χ0v) is 11.5. The zero-order chi connectivity index (χ0) is 13.8. The van der Waals surface area contributed by atoms with Crippen LogP contribution in [0.1, 0.15) is 31.5 Å². The number of aryl methyl sites for hydroxylation is 1. The average molecular weight is 261 g/mol. The van der Waals surface area contributed by atoms with E-state index in [9.17, 15) is 5.11 Å². The maximum atomic E-state index is 11.7. The number of nitrogens with one attached hydrogen (secondary N) is 1. The van der Waals surface area contributed by atoms with Gasteiger partial charge in [0.25, 0.3) is 5.69 Å². The number of benzene rings is 1. The van der Waals surface area contributed by atoms with Gasteiger partial charge < -0.3 is 14.9 Å². The summed E-state index contributed by atoms with van der Waals surface area (Å²) in [5, 5.41) is 18.8. The Kier molecular flexibility index (Phi) is 4.16. The first-order chi connectivity index (χ1) is 9.11. The van der Waals surface area contributed by atoms with Crippen LogP contribution in [-0.4, -0.2) is 11.3 Å². The van der Waals surface area contributed by atoms with E-state index >= 15 is 0 Å². The van der Waals surface area contributed by atoms with Crippen molar-refractivity contribution in [1.29, 1.82) is 0 Å². The summed E-state index contributed by atoms with van der Waals surface area (Å²) in [6, 6.07) is 8.15. The average Bonchev–Trinajstić information content (AvgIpc) is 2.78. The van der Waals surface area contributed by atoms with E-state index in [2.05, 4.69) is 24.4 Å². The van der Waals surface area contributed by atoms with Gasteiger partial charge in [-0.1, -0.05) is 24.6 Å². The van der Waals surface area contributed by atoms with Gasteiger partial charge in [0.05, 0.1) is 11.8 Å². The maximum absolute atomic E-state index is 11.7. The monoisotopic (exact) mass is 261 g/mol. The Morgan fingerprint density at radius 2 is 2.05 bits per heavy atom. The molecule has 5 heteroatoms. The predicted molar refractivity (Wildman–Crippen MR) is 68.8 cm³/mol. The number of nitrogens with zero attached hydrogens (tertiary/aromatic N) is 2. The fourth-order valence-corrected chi connectivity index (χ4v) is 1.72. The molecule has 0 amide bonds. The van der Waals surface area contributed by atoms with Gasteiger partial charge in [-0.15, -0.1) is 0 Å². The molecular weight excluding hydrogens is 242 g/mol. The van der Waals surface area contributed by atoms with E-state index in [-0.39, 0.29) is 0 Å². The largest absolute Gasteiger partial charge is 0.539 e. The van der Waals surface area contributed by atoms with Crippen LogP contribution in [0.15, 0.2) is 28.8 Å². The molecule has 0 saturated heterocycles. The fraction of sp³-hybridized carbons (Fsp3) is 0.429. The summed E-state index contributed by atoms with van der Waals surface area (Å²) in [5.41, 5.74) is 2.51. The van der Waals surface area contributed by atoms with Crippen molar-refractivity contribution in [2.75, 3.05) is 0 Å². The minimum atomic E-state index is -0.392. The van der Waals surface area contributed by atoms with Gasteiger partial charge in [0.1, 0.15) is 0 Å². The molecule has 1 N–H and O–H groups in total. The van der Waals surface area contributed by atoms with Crippen molar-refractivity contribution in [3.63, 3.8) is 0 Å². The standard InChI is InChI=1S/C14H19N3O2/c1-4-11(3)15-9-13-14(18)19-16-17(13)12-7-5-10(2)6-8-12/h5-8,11,15H,4,9H2,1-3H3. The smallest absolute Gasteiger partial charge is 0.253 e. The molecule has 5 nitrogen and oxygen atoms in total. The molecular formula is C14H19N3O2. The van der Waals surface area contributed by atoms with E-state index in [4.69, 9.17) is 4.52 Å². The molecule has 0 bridgehead atoms. The molecule has 19 heavy (non-hydrogen) atoms. The van der Waals surface area contributed by atoms with Crippen molar-refractivity contribution >= 4 is 0 Å². The minimum Gasteiger partial charge on any atom is -0.539 e. The molecule has 1 atom stereocenters. The van der Waals surface area contributed by atoms with E-state index in [0.29, 0.717) is 18.3 Å². The third-order valence-corrected chi connectivity index (χ3v) is 3.21. The van der Waals surface area contributed by atoms with E-state index < -0.39 is 5.95 Å². The Balaban J connectivity index is 2.24. The Labute approximate surface area is 112 Å². The highest BCUT2D eigenvalue weighted by atomic mass is 16.6. The van der Waals surface area contributed by atoms with Gasteiger partial charge in [0.2, 0.25) is 5.69 Å². The summed E-state index contributed by atoms with van der Waals surface area (Å²) in [5.74, 6) is -0.392. The second kappa shape index (κ2) is 5.84. The van der Waals surface area contributed by atoms with Crippen LogP contribution in [0.25, 0.3) is 5.69 Å². The van der Waals surface area contributed by atoms with Gasteiger partial charge in [-0.25, -0.2) is 0 Å². The molecule has 1 unspecified atom stereocenters. The van der Waals surface area contributed by atoms with Gasteiger partial charge in [-0.05, 0) is 25.0 Å². The highest BCUT2D eigenvalue weighted by Gasteiger charge is 2.20. The van der Waals surface area contributed by atoms with E-state index in [1.807, 2.05) is 31.2 Å². The van der Waals surface area contributed by atoms with Crippen molar-refractivity contribution in [2.24, 2.45) is 0 Å². The molecule has 1 heterocycles. The lowest BCUT2D eigenvalue weighted by molar-refractivity contribution is -0.677. The van der Waals surface area contributed by atoms with Gasteiger partial charge in [0, 0.05) is 18.2 Å². The molecule has 0 aliphatic heterocycles. The number of hydrogen-bond acceptors (Lipinski definition) is 4. The highest BCUT2D eigenvalue weighted by molar-refractivity contribution is 5.27. The molecule has 0 fully saturated rings. The van der Waals surface area contributed by atoms with Crippen molar-refractivity contribution < 1.29 is 14.3 Å². The Morgan fingerprint density at radius 3 is 2.68 bits per heavy atom. The number of hydrogen-bond donors (Lipinski definition) is 1. The van der Waals surface area contributed by atoms with Crippen LogP contribution in [0.5, 0.6) is 5.95 Å². The highest BCUT2D eigenvalue weighted by Crippen LogP contribution is 2.11.